The molecule has 0 aromatic carbocycles. The highest BCUT2D eigenvalue weighted by molar-refractivity contribution is 5.86. The molecule has 2 amide bonds. The monoisotopic (exact) mass is 258 g/mol. The van der Waals surface area contributed by atoms with Crippen molar-refractivity contribution in [1.29, 1.82) is 0 Å². The third-order valence-electron chi connectivity index (χ3n) is 3.01. The predicted octanol–water partition coefficient (Wildman–Crippen LogP) is 0.197. The summed E-state index contributed by atoms with van der Waals surface area (Å²) in [7, 11) is 1.17. The summed E-state index contributed by atoms with van der Waals surface area (Å²) in [5.74, 6) is -1.92. The second-order valence-corrected chi connectivity index (χ2v) is 4.31. The first-order valence-corrected chi connectivity index (χ1v) is 5.82. The molecule has 1 unspecified atom stereocenters. The molecule has 7 heteroatoms. The maximum atomic E-state index is 11.8. The summed E-state index contributed by atoms with van der Waals surface area (Å²) in [6.45, 7) is 2.51. The highest BCUT2D eigenvalue weighted by atomic mass is 16.5. The number of nitrogens with zero attached hydrogens (tertiary/aromatic N) is 1. The minimum absolute atomic E-state index is 0.0950. The van der Waals surface area contributed by atoms with Gasteiger partial charge in [0.25, 0.3) is 0 Å². The number of carboxylic acid groups (broad SMARTS) is 1. The zero-order valence-corrected chi connectivity index (χ0v) is 10.5. The Bertz CT molecular complexity index is 344. The van der Waals surface area contributed by atoms with E-state index in [9.17, 15) is 14.4 Å². The summed E-state index contributed by atoms with van der Waals surface area (Å²) in [5, 5.41) is 11.3. The van der Waals surface area contributed by atoms with Crippen LogP contribution < -0.4 is 5.32 Å². The standard InChI is InChI=1S/C11H18N2O5/c1-7-4-3-5-13(7)11(17)12-8(10(15)16)6-9(14)18-2/h7-8H,3-6H2,1-2H3,(H,12,17)(H,15,16)/t7?,8-/m0/s1. The van der Waals surface area contributed by atoms with Gasteiger partial charge in [0.15, 0.2) is 0 Å². The number of hydrogen-bond donors (Lipinski definition) is 2. The van der Waals surface area contributed by atoms with Crippen LogP contribution in [0.25, 0.3) is 0 Å². The van der Waals surface area contributed by atoms with Gasteiger partial charge >= 0.3 is 18.0 Å². The Morgan fingerprint density at radius 1 is 1.50 bits per heavy atom. The van der Waals surface area contributed by atoms with Gasteiger partial charge in [-0.3, -0.25) is 4.79 Å². The van der Waals surface area contributed by atoms with Crippen molar-refractivity contribution < 1.29 is 24.2 Å². The topological polar surface area (TPSA) is 95.9 Å². The third-order valence-corrected chi connectivity index (χ3v) is 3.01. The van der Waals surface area contributed by atoms with Gasteiger partial charge in [-0.25, -0.2) is 9.59 Å². The molecule has 1 saturated heterocycles. The summed E-state index contributed by atoms with van der Waals surface area (Å²) in [6.07, 6.45) is 1.44. The maximum absolute atomic E-state index is 11.8. The lowest BCUT2D eigenvalue weighted by Gasteiger charge is -2.24. The Hall–Kier alpha value is -1.79. The van der Waals surface area contributed by atoms with E-state index in [-0.39, 0.29) is 12.5 Å². The van der Waals surface area contributed by atoms with E-state index >= 15 is 0 Å². The molecule has 18 heavy (non-hydrogen) atoms. The number of amides is 2. The fourth-order valence-electron chi connectivity index (χ4n) is 1.92. The minimum Gasteiger partial charge on any atom is -0.480 e. The van der Waals surface area contributed by atoms with Crippen LogP contribution in [0.2, 0.25) is 0 Å². The highest BCUT2D eigenvalue weighted by Crippen LogP contribution is 2.16. The molecule has 1 heterocycles. The molecule has 0 aromatic rings. The number of rotatable bonds is 4. The molecule has 1 aliphatic rings. The first-order valence-electron chi connectivity index (χ1n) is 5.82. The molecule has 7 nitrogen and oxygen atoms in total. The molecule has 2 atom stereocenters. The Morgan fingerprint density at radius 2 is 2.17 bits per heavy atom. The number of carbonyl (C=O) groups is 3. The van der Waals surface area contributed by atoms with Gasteiger partial charge in [-0.1, -0.05) is 0 Å². The van der Waals surface area contributed by atoms with Crippen LogP contribution in [0.15, 0.2) is 0 Å². The average molecular weight is 258 g/mol. The molecule has 0 aliphatic carbocycles. The first kappa shape index (κ1) is 14.3. The van der Waals surface area contributed by atoms with Crippen molar-refractivity contribution in [1.82, 2.24) is 10.2 Å². The molecule has 0 spiro atoms. The molecular weight excluding hydrogens is 240 g/mol. The number of likely N-dealkylation sites (tertiary alicyclic amines) is 1. The van der Waals surface area contributed by atoms with Gasteiger partial charge in [0.2, 0.25) is 0 Å². The number of aliphatic carboxylic acids is 1. The van der Waals surface area contributed by atoms with E-state index in [1.807, 2.05) is 6.92 Å². The Morgan fingerprint density at radius 3 is 2.61 bits per heavy atom. The molecule has 0 saturated carbocycles. The van der Waals surface area contributed by atoms with Crippen molar-refractivity contribution in [3.8, 4) is 0 Å². The molecule has 0 radical (unpaired) electrons. The van der Waals surface area contributed by atoms with Gasteiger partial charge in [0.1, 0.15) is 6.04 Å². The van der Waals surface area contributed by atoms with E-state index in [1.54, 1.807) is 4.90 Å². The molecule has 0 bridgehead atoms. The normalized spacial score (nSPS) is 20.3. The summed E-state index contributed by atoms with van der Waals surface area (Å²) < 4.78 is 4.39. The average Bonchev–Trinajstić information content (AvgIpc) is 2.74. The molecular formula is C11H18N2O5. The lowest BCUT2D eigenvalue weighted by atomic mass is 10.2. The number of hydrogen-bond acceptors (Lipinski definition) is 4. The lowest BCUT2D eigenvalue weighted by molar-refractivity contribution is -0.147. The lowest BCUT2D eigenvalue weighted by Crippen LogP contribution is -2.49. The van der Waals surface area contributed by atoms with E-state index in [0.717, 1.165) is 12.8 Å². The van der Waals surface area contributed by atoms with Gasteiger partial charge in [-0.2, -0.15) is 0 Å². The van der Waals surface area contributed by atoms with E-state index < -0.39 is 24.0 Å². The zero-order valence-electron chi connectivity index (χ0n) is 10.5. The number of urea groups is 1. The smallest absolute Gasteiger partial charge is 0.326 e. The van der Waals surface area contributed by atoms with Gasteiger partial charge in [-0.15, -0.1) is 0 Å². The molecule has 1 rings (SSSR count). The second kappa shape index (κ2) is 6.23. The van der Waals surface area contributed by atoms with Crippen LogP contribution in [-0.4, -0.2) is 53.7 Å². The molecule has 2 N–H and O–H groups in total. The number of nitrogens with one attached hydrogen (secondary N) is 1. The number of ether oxygens (including phenoxy) is 1. The van der Waals surface area contributed by atoms with Crippen molar-refractivity contribution >= 4 is 18.0 Å². The summed E-state index contributed by atoms with van der Waals surface area (Å²) >= 11 is 0. The molecule has 1 fully saturated rings. The van der Waals surface area contributed by atoms with E-state index in [0.29, 0.717) is 6.54 Å². The van der Waals surface area contributed by atoms with Crippen molar-refractivity contribution in [2.45, 2.75) is 38.3 Å². The van der Waals surface area contributed by atoms with Crippen LogP contribution in [-0.2, 0) is 14.3 Å². The van der Waals surface area contributed by atoms with Crippen LogP contribution in [0.1, 0.15) is 26.2 Å². The molecule has 0 aromatic heterocycles. The van der Waals surface area contributed by atoms with Gasteiger partial charge in [0, 0.05) is 12.6 Å². The van der Waals surface area contributed by atoms with E-state index in [1.165, 1.54) is 7.11 Å². The Balaban J connectivity index is 2.57. The van der Waals surface area contributed by atoms with Crippen LogP contribution in [0.5, 0.6) is 0 Å². The predicted molar refractivity (Wildman–Crippen MR) is 62.0 cm³/mol. The minimum atomic E-state index is -1.25. The highest BCUT2D eigenvalue weighted by Gasteiger charge is 2.30. The van der Waals surface area contributed by atoms with Crippen molar-refractivity contribution in [3.05, 3.63) is 0 Å². The van der Waals surface area contributed by atoms with Crippen LogP contribution in [0.3, 0.4) is 0 Å². The summed E-state index contributed by atoms with van der Waals surface area (Å²) in [5.41, 5.74) is 0. The van der Waals surface area contributed by atoms with Crippen LogP contribution in [0, 0.1) is 0 Å². The van der Waals surface area contributed by atoms with Gasteiger partial charge in [-0.05, 0) is 19.8 Å². The van der Waals surface area contributed by atoms with Gasteiger partial charge in [0.05, 0.1) is 13.5 Å². The van der Waals surface area contributed by atoms with Crippen molar-refractivity contribution in [2.75, 3.05) is 13.7 Å². The zero-order chi connectivity index (χ0) is 13.7. The quantitative estimate of drug-likeness (QED) is 0.702. The van der Waals surface area contributed by atoms with E-state index in [4.69, 9.17) is 5.11 Å². The number of carboxylic acids is 1. The largest absolute Gasteiger partial charge is 0.480 e. The number of esters is 1. The van der Waals surface area contributed by atoms with Crippen molar-refractivity contribution in [3.63, 3.8) is 0 Å². The third kappa shape index (κ3) is 3.61. The van der Waals surface area contributed by atoms with Gasteiger partial charge < -0.3 is 20.1 Å². The molecule has 1 aliphatic heterocycles. The Labute approximate surface area is 105 Å². The number of methoxy groups -OCH3 is 1. The fraction of sp³-hybridized carbons (Fsp3) is 0.727. The Kier molecular flexibility index (Phi) is 4.94. The summed E-state index contributed by atoms with van der Waals surface area (Å²) in [4.78, 5) is 35.4. The van der Waals surface area contributed by atoms with E-state index in [2.05, 4.69) is 10.1 Å². The van der Waals surface area contributed by atoms with Crippen molar-refractivity contribution in [2.24, 2.45) is 0 Å². The first-order chi connectivity index (χ1) is 8.45. The van der Waals surface area contributed by atoms with Crippen LogP contribution >= 0.6 is 0 Å². The fourth-order valence-corrected chi connectivity index (χ4v) is 1.92. The maximum Gasteiger partial charge on any atom is 0.326 e. The SMILES string of the molecule is COC(=O)C[C@H](NC(=O)N1CCCC1C)C(=O)O. The molecule has 102 valence electrons. The number of carbonyl (C=O) groups excluding carboxylic acids is 2. The summed E-state index contributed by atoms with van der Waals surface area (Å²) in [6, 6.07) is -1.60. The van der Waals surface area contributed by atoms with Crippen LogP contribution in [0.4, 0.5) is 4.79 Å². The second-order valence-electron chi connectivity index (χ2n) is 4.31.